The van der Waals surface area contributed by atoms with Gasteiger partial charge in [-0.25, -0.2) is 0 Å². The second kappa shape index (κ2) is 11.6. The first-order valence-electron chi connectivity index (χ1n) is 12.7. The van der Waals surface area contributed by atoms with E-state index >= 15 is 0 Å². The number of rotatable bonds is 6. The summed E-state index contributed by atoms with van der Waals surface area (Å²) in [5.74, 6) is 0.303. The Morgan fingerprint density at radius 3 is 2.16 bits per heavy atom. The van der Waals surface area contributed by atoms with Gasteiger partial charge in [-0.05, 0) is 0 Å². The van der Waals surface area contributed by atoms with E-state index in [4.69, 9.17) is 4.43 Å². The Balaban J connectivity index is 0.00000190. The molecule has 0 aliphatic heterocycles. The van der Waals surface area contributed by atoms with Crippen LogP contribution in [0, 0.1) is 10.4 Å². The van der Waals surface area contributed by atoms with E-state index < -0.39 is 16.4 Å². The summed E-state index contributed by atoms with van der Waals surface area (Å²) < 4.78 is 7.81. The maximum atomic E-state index is 6.31. The van der Waals surface area contributed by atoms with E-state index in [1.807, 2.05) is 0 Å². The van der Waals surface area contributed by atoms with Crippen LogP contribution in [-0.2, 0) is 29.1 Å². The maximum Gasteiger partial charge on any atom is -1.00 e. The molecule has 37 heavy (non-hydrogen) atoms. The molecule has 2 aliphatic rings. The zero-order valence-corrected chi connectivity index (χ0v) is 28.6. The monoisotopic (exact) mass is 639 g/mol. The molecule has 0 bridgehead atoms. The normalized spacial score (nSPS) is 16.4. The zero-order valence-electron chi connectivity index (χ0n) is 22.6. The Bertz CT molecular complexity index is 1570. The second-order valence-corrected chi connectivity index (χ2v) is 22.0. The van der Waals surface area contributed by atoms with Crippen molar-refractivity contribution in [3.63, 3.8) is 0 Å². The molecule has 3 aromatic carbocycles. The number of fused-ring (bicyclic) bond motifs is 3. The Labute approximate surface area is 251 Å². The molecule has 1 nitrogen and oxygen atoms in total. The van der Waals surface area contributed by atoms with Crippen molar-refractivity contribution in [3.05, 3.63) is 110 Å². The molecule has 0 saturated carbocycles. The third kappa shape index (κ3) is 5.67. The van der Waals surface area contributed by atoms with E-state index in [1.54, 1.807) is 5.20 Å². The van der Waals surface area contributed by atoms with Crippen LogP contribution < -0.4 is 35.3 Å². The van der Waals surface area contributed by atoms with E-state index in [2.05, 4.69) is 112 Å². The molecular formula is C31H35Cl2OSi2Zr. The molecule has 0 fully saturated rings. The van der Waals surface area contributed by atoms with Crippen molar-refractivity contribution < 1.29 is 54.0 Å². The van der Waals surface area contributed by atoms with Gasteiger partial charge in [0.1, 0.15) is 0 Å². The molecule has 6 heteroatoms. The van der Waals surface area contributed by atoms with Crippen LogP contribution in [0.5, 0.6) is 0 Å². The fourth-order valence-corrected chi connectivity index (χ4v) is 10.3. The van der Waals surface area contributed by atoms with E-state index in [0.29, 0.717) is 5.92 Å². The van der Waals surface area contributed by atoms with Gasteiger partial charge in [0.15, 0.2) is 0 Å². The van der Waals surface area contributed by atoms with Gasteiger partial charge >= 0.3 is 228 Å². The van der Waals surface area contributed by atoms with Gasteiger partial charge in [-0.3, -0.25) is 0 Å². The topological polar surface area (TPSA) is 9.23 Å². The Morgan fingerprint density at radius 2 is 1.49 bits per heavy atom. The van der Waals surface area contributed by atoms with Crippen LogP contribution in [-0.4, -0.2) is 23.0 Å². The maximum absolute atomic E-state index is 6.31. The molecule has 0 spiro atoms. The molecule has 0 N–H and O–H groups in total. The van der Waals surface area contributed by atoms with Crippen molar-refractivity contribution in [3.8, 4) is 0 Å². The summed E-state index contributed by atoms with van der Waals surface area (Å²) in [4.78, 5) is 0. The van der Waals surface area contributed by atoms with Crippen molar-refractivity contribution in [1.82, 2.24) is 0 Å². The van der Waals surface area contributed by atoms with Gasteiger partial charge < -0.3 is 24.8 Å². The van der Waals surface area contributed by atoms with Crippen LogP contribution in [0.1, 0.15) is 35.1 Å². The van der Waals surface area contributed by atoms with Gasteiger partial charge in [0.2, 0.25) is 0 Å². The van der Waals surface area contributed by atoms with Gasteiger partial charge in [-0.1, -0.05) is 0 Å². The zero-order chi connectivity index (χ0) is 25.0. The molecule has 0 saturated heterocycles. The molecule has 0 aromatic heterocycles. The summed E-state index contributed by atoms with van der Waals surface area (Å²) >= 11 is 1.49. The van der Waals surface area contributed by atoms with Crippen molar-refractivity contribution in [2.24, 2.45) is 0 Å². The minimum Gasteiger partial charge on any atom is -1.00 e. The quantitative estimate of drug-likeness (QED) is 0.355. The van der Waals surface area contributed by atoms with E-state index in [-0.39, 0.29) is 24.8 Å². The van der Waals surface area contributed by atoms with Gasteiger partial charge in [0.05, 0.1) is 0 Å². The number of halogens is 2. The van der Waals surface area contributed by atoms with Crippen LogP contribution >= 0.6 is 0 Å². The van der Waals surface area contributed by atoms with Gasteiger partial charge in [-0.15, -0.1) is 0 Å². The van der Waals surface area contributed by atoms with Gasteiger partial charge in [0, 0.05) is 0 Å². The SMILES string of the molecule is CC=c1ccc2c(c1C1C=C([Si](C)(C)CCO[Si](C)(C)C)c3ccccc31)[C]([Zr+2])=c1ccccc1=2.[Cl-].[Cl-]. The molecule has 5 rings (SSSR count). The van der Waals surface area contributed by atoms with Gasteiger partial charge in [-0.2, -0.15) is 0 Å². The first-order valence-corrected chi connectivity index (χ1v) is 20.6. The third-order valence-electron chi connectivity index (χ3n) is 7.55. The average Bonchev–Trinajstić information content (AvgIpc) is 3.35. The van der Waals surface area contributed by atoms with Crippen molar-refractivity contribution in [2.45, 2.75) is 51.6 Å². The smallest absolute Gasteiger partial charge is 1.00 e. The van der Waals surface area contributed by atoms with Crippen molar-refractivity contribution in [2.75, 3.05) is 6.61 Å². The number of benzene rings is 3. The molecule has 2 aliphatic carbocycles. The Kier molecular flexibility index (Phi) is 9.59. The first kappa shape index (κ1) is 30.5. The van der Waals surface area contributed by atoms with Gasteiger partial charge in [0.25, 0.3) is 0 Å². The minimum absolute atomic E-state index is 0. The Hall–Kier alpha value is -1.00. The third-order valence-corrected chi connectivity index (χ3v) is 13.2. The van der Waals surface area contributed by atoms with Crippen LogP contribution in [0.2, 0.25) is 38.8 Å². The predicted octanol–water partition coefficient (Wildman–Crippen LogP) is 0.427. The standard InChI is InChI=1S/C31H35OSi2.2ClH.Zr/c1-7-22-16-17-26-24-13-9-8-12-23(24)20-28(26)31(22)29-21-30(27-15-11-10-14-25(27)29)34(5,6)19-18-32-33(2,3)4;;;/h7-17,21,29H,18-19H2,1-6H3;2*1H;/q;;;+2/p-2. The molecule has 0 amide bonds. The molecule has 3 aromatic rings. The summed E-state index contributed by atoms with van der Waals surface area (Å²) in [6.45, 7) is 15.0. The second-order valence-electron chi connectivity index (χ2n) is 11.4. The predicted molar refractivity (Wildman–Crippen MR) is 150 cm³/mol. The van der Waals surface area contributed by atoms with Crippen LogP contribution in [0.25, 0.3) is 14.6 Å². The van der Waals surface area contributed by atoms with Crippen molar-refractivity contribution >= 4 is 30.9 Å². The average molecular weight is 642 g/mol. The molecule has 0 heterocycles. The summed E-state index contributed by atoms with van der Waals surface area (Å²) in [5, 5.41) is 7.21. The summed E-state index contributed by atoms with van der Waals surface area (Å²) in [6, 6.07) is 24.0. The van der Waals surface area contributed by atoms with E-state index in [9.17, 15) is 0 Å². The first-order chi connectivity index (χ1) is 16.6. The molecule has 1 unspecified atom stereocenters. The summed E-state index contributed by atoms with van der Waals surface area (Å²) in [5.41, 5.74) is 5.94. The fraction of sp³-hybridized carbons (Fsp3) is 0.290. The van der Waals surface area contributed by atoms with E-state index in [0.717, 1.165) is 6.61 Å². The van der Waals surface area contributed by atoms with Crippen LogP contribution in [0.4, 0.5) is 0 Å². The number of allylic oxidation sites excluding steroid dienone is 1. The summed E-state index contributed by atoms with van der Waals surface area (Å²) in [6.07, 6.45) is 4.95. The molecule has 0 radical (unpaired) electrons. The number of hydrogen-bond acceptors (Lipinski definition) is 1. The van der Waals surface area contributed by atoms with Crippen molar-refractivity contribution in [1.29, 1.82) is 0 Å². The van der Waals surface area contributed by atoms with Crippen LogP contribution in [0.15, 0.2) is 66.7 Å². The van der Waals surface area contributed by atoms with E-state index in [1.165, 1.54) is 77.2 Å². The minimum atomic E-state index is -1.68. The number of hydrogen-bond donors (Lipinski definition) is 0. The molecule has 191 valence electrons. The molecule has 1 atom stereocenters. The Morgan fingerprint density at radius 1 is 0.838 bits per heavy atom. The largest absolute Gasteiger partial charge is 1.00 e. The fourth-order valence-electron chi connectivity index (χ4n) is 5.72. The van der Waals surface area contributed by atoms with Crippen LogP contribution in [0.3, 0.4) is 0 Å². The molecular weight excluding hydrogens is 607 g/mol. The summed E-state index contributed by atoms with van der Waals surface area (Å²) in [7, 11) is -3.18.